The van der Waals surface area contributed by atoms with Gasteiger partial charge in [0.05, 0.1) is 9.92 Å². The fraction of sp³-hybridized carbons (Fsp3) is 0.200. The lowest BCUT2D eigenvalue weighted by Crippen LogP contribution is -2.28. The maximum atomic E-state index is 13.1. The summed E-state index contributed by atoms with van der Waals surface area (Å²) in [7, 11) is -3.79. The Labute approximate surface area is 143 Å². The number of ether oxygens (including phenoxy) is 3. The molecule has 0 radical (unpaired) electrons. The van der Waals surface area contributed by atoms with Gasteiger partial charge in [-0.1, -0.05) is 11.6 Å². The van der Waals surface area contributed by atoms with Gasteiger partial charge >= 0.3 is 0 Å². The second-order valence-electron chi connectivity index (χ2n) is 4.84. The van der Waals surface area contributed by atoms with Crippen molar-refractivity contribution in [3.63, 3.8) is 0 Å². The molecule has 2 aromatic carbocycles. The molecule has 1 aliphatic rings. The molecule has 24 heavy (non-hydrogen) atoms. The lowest BCUT2D eigenvalue weighted by Gasteiger charge is -2.09. The van der Waals surface area contributed by atoms with Crippen molar-refractivity contribution in [2.45, 2.75) is 4.90 Å². The molecule has 0 amide bonds. The van der Waals surface area contributed by atoms with E-state index in [2.05, 4.69) is 4.72 Å². The summed E-state index contributed by atoms with van der Waals surface area (Å²) >= 11 is 5.59. The number of rotatable bonds is 6. The molecule has 0 fully saturated rings. The molecule has 6 nitrogen and oxygen atoms in total. The largest absolute Gasteiger partial charge is 0.492 e. The average molecular weight is 374 g/mol. The lowest BCUT2D eigenvalue weighted by molar-refractivity contribution is 0.173. The van der Waals surface area contributed by atoms with Crippen LogP contribution < -0.4 is 18.9 Å². The van der Waals surface area contributed by atoms with Crippen molar-refractivity contribution in [1.82, 2.24) is 4.72 Å². The third-order valence-electron chi connectivity index (χ3n) is 3.21. The molecule has 1 N–H and O–H groups in total. The molecule has 0 saturated heterocycles. The van der Waals surface area contributed by atoms with Gasteiger partial charge in [0.2, 0.25) is 16.8 Å². The van der Waals surface area contributed by atoms with Gasteiger partial charge in [0.25, 0.3) is 0 Å². The molecule has 0 bridgehead atoms. The van der Waals surface area contributed by atoms with Crippen LogP contribution in [0.2, 0.25) is 5.02 Å². The highest BCUT2D eigenvalue weighted by atomic mass is 35.5. The summed E-state index contributed by atoms with van der Waals surface area (Å²) in [4.78, 5) is -0.114. The maximum absolute atomic E-state index is 13.1. The molecular weight excluding hydrogens is 361 g/mol. The van der Waals surface area contributed by atoms with Crippen LogP contribution in [0.15, 0.2) is 41.3 Å². The van der Waals surface area contributed by atoms with E-state index in [9.17, 15) is 12.8 Å². The third-order valence-corrected chi connectivity index (χ3v) is 4.96. The summed E-state index contributed by atoms with van der Waals surface area (Å²) in [6, 6.07) is 8.26. The zero-order valence-electron chi connectivity index (χ0n) is 12.3. The van der Waals surface area contributed by atoms with Gasteiger partial charge in [-0.15, -0.1) is 0 Å². The van der Waals surface area contributed by atoms with E-state index >= 15 is 0 Å². The first-order valence-corrected chi connectivity index (χ1v) is 8.79. The molecule has 1 aliphatic heterocycles. The summed E-state index contributed by atoms with van der Waals surface area (Å²) in [5.74, 6) is 1.07. The van der Waals surface area contributed by atoms with Crippen molar-refractivity contribution in [1.29, 1.82) is 0 Å². The summed E-state index contributed by atoms with van der Waals surface area (Å²) in [5.41, 5.74) is 0. The van der Waals surface area contributed by atoms with Crippen LogP contribution in [0.5, 0.6) is 17.2 Å². The first-order valence-electron chi connectivity index (χ1n) is 6.93. The second-order valence-corrected chi connectivity index (χ2v) is 7.01. The quantitative estimate of drug-likeness (QED) is 0.788. The fourth-order valence-electron chi connectivity index (χ4n) is 2.04. The summed E-state index contributed by atoms with van der Waals surface area (Å²) in [6.07, 6.45) is 0. The summed E-state index contributed by atoms with van der Waals surface area (Å²) in [5, 5.41) is -0.255. The van der Waals surface area contributed by atoms with Crippen LogP contribution in [0.3, 0.4) is 0 Å². The number of fused-ring (bicyclic) bond motifs is 1. The van der Waals surface area contributed by atoms with Crippen molar-refractivity contribution < 1.29 is 27.0 Å². The lowest BCUT2D eigenvalue weighted by atomic mass is 10.3. The van der Waals surface area contributed by atoms with E-state index in [1.807, 2.05) is 0 Å². The molecule has 2 aromatic rings. The Hall–Kier alpha value is -2.03. The van der Waals surface area contributed by atoms with E-state index in [0.717, 1.165) is 18.2 Å². The van der Waals surface area contributed by atoms with Crippen LogP contribution in [0.4, 0.5) is 4.39 Å². The molecule has 0 saturated carbocycles. The Bertz CT molecular complexity index is 859. The Kier molecular flexibility index (Phi) is 4.79. The molecule has 0 unspecified atom stereocenters. The van der Waals surface area contributed by atoms with E-state index in [4.69, 9.17) is 25.8 Å². The van der Waals surface area contributed by atoms with E-state index in [1.54, 1.807) is 18.2 Å². The highest BCUT2D eigenvalue weighted by Gasteiger charge is 2.16. The molecular formula is C15H13ClFNO5S. The van der Waals surface area contributed by atoms with Gasteiger partial charge in [0.1, 0.15) is 18.2 Å². The van der Waals surface area contributed by atoms with Gasteiger partial charge in [-0.05, 0) is 30.3 Å². The molecule has 9 heteroatoms. The monoisotopic (exact) mass is 373 g/mol. The highest BCUT2D eigenvalue weighted by Crippen LogP contribution is 2.35. The van der Waals surface area contributed by atoms with Crippen LogP contribution in [-0.4, -0.2) is 28.4 Å². The normalized spacial score (nSPS) is 13.1. The molecule has 0 spiro atoms. The number of halogens is 2. The first-order chi connectivity index (χ1) is 11.5. The van der Waals surface area contributed by atoms with Crippen molar-refractivity contribution in [3.8, 4) is 17.2 Å². The topological polar surface area (TPSA) is 73.9 Å². The van der Waals surface area contributed by atoms with Crippen LogP contribution in [-0.2, 0) is 10.0 Å². The van der Waals surface area contributed by atoms with Gasteiger partial charge in [-0.2, -0.15) is 0 Å². The van der Waals surface area contributed by atoms with Crippen LogP contribution in [0.1, 0.15) is 0 Å². The maximum Gasteiger partial charge on any atom is 0.240 e. The van der Waals surface area contributed by atoms with Gasteiger partial charge in [0.15, 0.2) is 11.5 Å². The van der Waals surface area contributed by atoms with Crippen LogP contribution in [0, 0.1) is 5.82 Å². The molecule has 3 rings (SSSR count). The highest BCUT2D eigenvalue weighted by molar-refractivity contribution is 7.89. The van der Waals surface area contributed by atoms with Crippen molar-refractivity contribution in [2.75, 3.05) is 19.9 Å². The minimum Gasteiger partial charge on any atom is -0.492 e. The summed E-state index contributed by atoms with van der Waals surface area (Å²) < 4.78 is 55.5. The fourth-order valence-corrected chi connectivity index (χ4v) is 3.32. The van der Waals surface area contributed by atoms with Gasteiger partial charge in [-0.25, -0.2) is 17.5 Å². The van der Waals surface area contributed by atoms with E-state index in [1.165, 1.54) is 0 Å². The van der Waals surface area contributed by atoms with Gasteiger partial charge in [-0.3, -0.25) is 0 Å². The van der Waals surface area contributed by atoms with Gasteiger partial charge in [0, 0.05) is 12.6 Å². The number of hydrogen-bond acceptors (Lipinski definition) is 5. The predicted octanol–water partition coefficient (Wildman–Crippen LogP) is 2.57. The minimum atomic E-state index is -3.79. The Morgan fingerprint density at radius 3 is 2.75 bits per heavy atom. The smallest absolute Gasteiger partial charge is 0.240 e. The van der Waals surface area contributed by atoms with E-state index < -0.39 is 15.8 Å². The standard InChI is InChI=1S/C15H13ClFNO5S/c16-12-8-11(2-3-13(12)17)24(19,20)18-5-6-21-10-1-4-14-15(7-10)23-9-22-14/h1-4,7-8,18H,5-6,9H2. The summed E-state index contributed by atoms with van der Waals surface area (Å²) in [6.45, 7) is 0.304. The second kappa shape index (κ2) is 6.84. The molecule has 128 valence electrons. The minimum absolute atomic E-state index is 0.0335. The Morgan fingerprint density at radius 1 is 1.17 bits per heavy atom. The van der Waals surface area contributed by atoms with E-state index in [-0.39, 0.29) is 29.9 Å². The average Bonchev–Trinajstić information content (AvgIpc) is 3.02. The third kappa shape index (κ3) is 3.72. The first kappa shape index (κ1) is 16.8. The molecule has 0 aromatic heterocycles. The van der Waals surface area contributed by atoms with Crippen molar-refractivity contribution >= 4 is 21.6 Å². The molecule has 1 heterocycles. The van der Waals surface area contributed by atoms with E-state index in [0.29, 0.717) is 17.2 Å². The van der Waals surface area contributed by atoms with Crippen molar-refractivity contribution in [3.05, 3.63) is 47.2 Å². The molecule has 0 aliphatic carbocycles. The zero-order chi connectivity index (χ0) is 17.2. The Balaban J connectivity index is 1.54. The predicted molar refractivity (Wildman–Crippen MR) is 84.7 cm³/mol. The number of benzene rings is 2. The van der Waals surface area contributed by atoms with Crippen LogP contribution in [0.25, 0.3) is 0 Å². The zero-order valence-corrected chi connectivity index (χ0v) is 13.9. The number of nitrogens with one attached hydrogen (secondary N) is 1. The van der Waals surface area contributed by atoms with Crippen molar-refractivity contribution in [2.24, 2.45) is 0 Å². The van der Waals surface area contributed by atoms with Gasteiger partial charge < -0.3 is 14.2 Å². The SMILES string of the molecule is O=S(=O)(NCCOc1ccc2c(c1)OCO2)c1ccc(F)c(Cl)c1. The molecule has 0 atom stereocenters. The Morgan fingerprint density at radius 2 is 1.96 bits per heavy atom. The van der Waals surface area contributed by atoms with Crippen LogP contribution >= 0.6 is 11.6 Å². The number of sulfonamides is 1. The number of hydrogen-bond donors (Lipinski definition) is 1.